The highest BCUT2D eigenvalue weighted by molar-refractivity contribution is 5.97. The molecule has 1 saturated heterocycles. The number of piperidine rings is 1. The number of carbonyl (C=O) groups is 1. The van der Waals surface area contributed by atoms with Crippen LogP contribution in [0.4, 0.5) is 5.82 Å². The van der Waals surface area contributed by atoms with Crippen LogP contribution in [0.2, 0.25) is 0 Å². The van der Waals surface area contributed by atoms with Gasteiger partial charge in [-0.2, -0.15) is 0 Å². The minimum absolute atomic E-state index is 0.238. The van der Waals surface area contributed by atoms with Crippen molar-refractivity contribution in [3.8, 4) is 0 Å². The SMILES string of the molecule is CC1CCCC(CN)N1c1ncccc1C(N)=O. The molecule has 1 amide bonds. The lowest BCUT2D eigenvalue weighted by Crippen LogP contribution is -2.50. The second kappa shape index (κ2) is 5.35. The van der Waals surface area contributed by atoms with Crippen LogP contribution in [0.25, 0.3) is 0 Å². The predicted molar refractivity (Wildman–Crippen MR) is 71.4 cm³/mol. The van der Waals surface area contributed by atoms with Crippen molar-refractivity contribution in [3.05, 3.63) is 23.9 Å². The molecule has 0 bridgehead atoms. The lowest BCUT2D eigenvalue weighted by molar-refractivity contribution is 0.1000. The van der Waals surface area contributed by atoms with Gasteiger partial charge in [0.15, 0.2) is 0 Å². The molecule has 0 radical (unpaired) electrons. The molecule has 4 N–H and O–H groups in total. The van der Waals surface area contributed by atoms with Crippen LogP contribution in [0.5, 0.6) is 0 Å². The smallest absolute Gasteiger partial charge is 0.252 e. The molecule has 18 heavy (non-hydrogen) atoms. The first kappa shape index (κ1) is 12.8. The van der Waals surface area contributed by atoms with E-state index in [4.69, 9.17) is 11.5 Å². The van der Waals surface area contributed by atoms with E-state index in [0.29, 0.717) is 24.0 Å². The minimum atomic E-state index is -0.438. The van der Waals surface area contributed by atoms with Gasteiger partial charge >= 0.3 is 0 Å². The third kappa shape index (κ3) is 2.31. The first-order valence-corrected chi connectivity index (χ1v) is 6.38. The van der Waals surface area contributed by atoms with Crippen molar-refractivity contribution in [1.29, 1.82) is 0 Å². The zero-order valence-corrected chi connectivity index (χ0v) is 10.7. The average molecular weight is 248 g/mol. The summed E-state index contributed by atoms with van der Waals surface area (Å²) in [6.45, 7) is 2.71. The van der Waals surface area contributed by atoms with E-state index in [2.05, 4.69) is 16.8 Å². The van der Waals surface area contributed by atoms with Crippen molar-refractivity contribution in [2.75, 3.05) is 11.4 Å². The molecule has 2 atom stereocenters. The number of carbonyl (C=O) groups excluding carboxylic acids is 1. The number of rotatable bonds is 3. The molecule has 0 spiro atoms. The van der Waals surface area contributed by atoms with Crippen LogP contribution in [0.3, 0.4) is 0 Å². The molecule has 2 unspecified atom stereocenters. The van der Waals surface area contributed by atoms with Crippen LogP contribution >= 0.6 is 0 Å². The molecule has 1 aromatic rings. The average Bonchev–Trinajstić information content (AvgIpc) is 2.38. The number of primary amides is 1. The number of pyridine rings is 1. The fourth-order valence-corrected chi connectivity index (χ4v) is 2.70. The number of anilines is 1. The predicted octanol–water partition coefficient (Wildman–Crippen LogP) is 0.887. The Morgan fingerprint density at radius 2 is 2.33 bits per heavy atom. The Bertz CT molecular complexity index is 435. The number of nitrogens with zero attached hydrogens (tertiary/aromatic N) is 2. The van der Waals surface area contributed by atoms with Crippen LogP contribution in [0.15, 0.2) is 18.3 Å². The normalized spacial score (nSPS) is 24.0. The van der Waals surface area contributed by atoms with Crippen LogP contribution in [-0.4, -0.2) is 29.5 Å². The summed E-state index contributed by atoms with van der Waals surface area (Å²) in [5.41, 5.74) is 11.7. The summed E-state index contributed by atoms with van der Waals surface area (Å²) in [6, 6.07) is 4.02. The first-order valence-electron chi connectivity index (χ1n) is 6.38. The molecule has 0 aliphatic carbocycles. The Kier molecular flexibility index (Phi) is 3.81. The van der Waals surface area contributed by atoms with Crippen LogP contribution in [0, 0.1) is 0 Å². The Morgan fingerprint density at radius 1 is 1.56 bits per heavy atom. The summed E-state index contributed by atoms with van der Waals surface area (Å²) in [5, 5.41) is 0. The Labute approximate surface area is 107 Å². The highest BCUT2D eigenvalue weighted by Crippen LogP contribution is 2.29. The molecule has 1 aromatic heterocycles. The van der Waals surface area contributed by atoms with E-state index in [0.717, 1.165) is 19.3 Å². The summed E-state index contributed by atoms with van der Waals surface area (Å²) in [7, 11) is 0. The topological polar surface area (TPSA) is 85.2 Å². The summed E-state index contributed by atoms with van der Waals surface area (Å²) < 4.78 is 0. The van der Waals surface area contributed by atoms with E-state index in [-0.39, 0.29) is 6.04 Å². The van der Waals surface area contributed by atoms with Gasteiger partial charge < -0.3 is 16.4 Å². The maximum absolute atomic E-state index is 11.5. The van der Waals surface area contributed by atoms with E-state index >= 15 is 0 Å². The van der Waals surface area contributed by atoms with Gasteiger partial charge in [0.1, 0.15) is 5.82 Å². The number of nitrogens with two attached hydrogens (primary N) is 2. The van der Waals surface area contributed by atoms with Gasteiger partial charge in [0.2, 0.25) is 0 Å². The van der Waals surface area contributed by atoms with Gasteiger partial charge in [0, 0.05) is 24.8 Å². The van der Waals surface area contributed by atoms with E-state index in [1.165, 1.54) is 0 Å². The summed E-state index contributed by atoms with van der Waals surface area (Å²) in [6.07, 6.45) is 4.98. The molecule has 5 nitrogen and oxygen atoms in total. The van der Waals surface area contributed by atoms with Crippen molar-refractivity contribution < 1.29 is 4.79 Å². The molecule has 2 rings (SSSR count). The van der Waals surface area contributed by atoms with Crippen molar-refractivity contribution in [2.24, 2.45) is 11.5 Å². The third-order valence-corrected chi connectivity index (χ3v) is 3.60. The number of hydrogen-bond donors (Lipinski definition) is 2. The van der Waals surface area contributed by atoms with Gasteiger partial charge in [-0.05, 0) is 38.3 Å². The van der Waals surface area contributed by atoms with E-state index in [9.17, 15) is 4.79 Å². The van der Waals surface area contributed by atoms with E-state index < -0.39 is 5.91 Å². The minimum Gasteiger partial charge on any atom is -0.365 e. The fourth-order valence-electron chi connectivity index (χ4n) is 2.70. The van der Waals surface area contributed by atoms with Gasteiger partial charge in [-0.15, -0.1) is 0 Å². The van der Waals surface area contributed by atoms with Gasteiger partial charge in [-0.25, -0.2) is 4.98 Å². The molecule has 0 aromatic carbocycles. The van der Waals surface area contributed by atoms with Gasteiger partial charge in [-0.3, -0.25) is 4.79 Å². The molecular weight excluding hydrogens is 228 g/mol. The molecule has 1 aliphatic rings. The number of hydrogen-bond acceptors (Lipinski definition) is 4. The largest absolute Gasteiger partial charge is 0.365 e. The highest BCUT2D eigenvalue weighted by atomic mass is 16.1. The van der Waals surface area contributed by atoms with Crippen LogP contribution < -0.4 is 16.4 Å². The lowest BCUT2D eigenvalue weighted by Gasteiger charge is -2.41. The van der Waals surface area contributed by atoms with Gasteiger partial charge in [0.25, 0.3) is 5.91 Å². The molecule has 1 aliphatic heterocycles. The van der Waals surface area contributed by atoms with Gasteiger partial charge in [-0.1, -0.05) is 0 Å². The standard InChI is InChI=1S/C13H20N4O/c1-9-4-2-5-10(8-14)17(9)13-11(12(15)18)6-3-7-16-13/h3,6-7,9-10H,2,4-5,8,14H2,1H3,(H2,15,18). The molecular formula is C13H20N4O. The Morgan fingerprint density at radius 3 is 3.00 bits per heavy atom. The maximum atomic E-state index is 11.5. The van der Waals surface area contributed by atoms with E-state index in [1.54, 1.807) is 18.3 Å². The molecule has 98 valence electrons. The van der Waals surface area contributed by atoms with Crippen LogP contribution in [0.1, 0.15) is 36.5 Å². The van der Waals surface area contributed by atoms with Crippen molar-refractivity contribution in [3.63, 3.8) is 0 Å². The summed E-state index contributed by atoms with van der Waals surface area (Å²) >= 11 is 0. The fraction of sp³-hybridized carbons (Fsp3) is 0.538. The highest BCUT2D eigenvalue weighted by Gasteiger charge is 2.30. The van der Waals surface area contributed by atoms with Crippen molar-refractivity contribution in [2.45, 2.75) is 38.3 Å². The summed E-state index contributed by atoms with van der Waals surface area (Å²) in [4.78, 5) is 18.0. The van der Waals surface area contributed by atoms with Gasteiger partial charge in [0.05, 0.1) is 5.56 Å². The molecule has 2 heterocycles. The molecule has 1 fully saturated rings. The molecule has 0 saturated carbocycles. The Balaban J connectivity index is 2.41. The zero-order chi connectivity index (χ0) is 13.1. The van der Waals surface area contributed by atoms with Crippen molar-refractivity contribution in [1.82, 2.24) is 4.98 Å². The lowest BCUT2D eigenvalue weighted by atomic mass is 9.95. The second-order valence-electron chi connectivity index (χ2n) is 4.82. The zero-order valence-electron chi connectivity index (χ0n) is 10.7. The Hall–Kier alpha value is -1.62. The summed E-state index contributed by atoms with van der Waals surface area (Å²) in [5.74, 6) is 0.235. The van der Waals surface area contributed by atoms with E-state index in [1.807, 2.05) is 0 Å². The third-order valence-electron chi connectivity index (χ3n) is 3.60. The second-order valence-corrected chi connectivity index (χ2v) is 4.82. The number of aromatic nitrogens is 1. The quantitative estimate of drug-likeness (QED) is 0.831. The van der Waals surface area contributed by atoms with Crippen molar-refractivity contribution >= 4 is 11.7 Å². The maximum Gasteiger partial charge on any atom is 0.252 e. The monoisotopic (exact) mass is 248 g/mol. The first-order chi connectivity index (χ1) is 8.65. The molecule has 5 heteroatoms. The number of amides is 1. The van der Waals surface area contributed by atoms with Crippen LogP contribution in [-0.2, 0) is 0 Å².